The Kier molecular flexibility index (Phi) is 5.71. The quantitative estimate of drug-likeness (QED) is 0.379. The van der Waals surface area contributed by atoms with Crippen LogP contribution in [0.25, 0.3) is 21.3 Å². The normalized spacial score (nSPS) is 14.0. The number of fused-ring (bicyclic) bond motifs is 1. The molecule has 1 N–H and O–H groups in total. The van der Waals surface area contributed by atoms with Crippen LogP contribution in [0.15, 0.2) is 60.2 Å². The van der Waals surface area contributed by atoms with Gasteiger partial charge in [0.1, 0.15) is 22.7 Å². The molecule has 1 aliphatic rings. The van der Waals surface area contributed by atoms with Crippen LogP contribution in [-0.2, 0) is 0 Å². The van der Waals surface area contributed by atoms with Gasteiger partial charge < -0.3 is 15.0 Å². The fraction of sp³-hybridized carbons (Fsp3) is 0.280. The number of aromatic nitrogens is 2. The van der Waals surface area contributed by atoms with Crippen LogP contribution < -0.4 is 15.0 Å². The van der Waals surface area contributed by atoms with Crippen molar-refractivity contribution in [2.75, 3.05) is 29.9 Å². The average Bonchev–Trinajstić information content (AvgIpc) is 3.26. The van der Waals surface area contributed by atoms with Gasteiger partial charge in [0.25, 0.3) is 0 Å². The maximum absolute atomic E-state index is 5.58. The van der Waals surface area contributed by atoms with Crippen LogP contribution in [0.3, 0.4) is 0 Å². The molecule has 0 amide bonds. The summed E-state index contributed by atoms with van der Waals surface area (Å²) in [6, 6.07) is 16.9. The molecule has 6 heteroatoms. The number of thiophene rings is 1. The van der Waals surface area contributed by atoms with Gasteiger partial charge in [-0.15, -0.1) is 11.3 Å². The second kappa shape index (κ2) is 8.94. The SMILES string of the molecule is CCOc1ccc(-c2csc3ncnc(Nc4ccc(N5CCCCC5)cc4)c23)cc1. The predicted octanol–water partition coefficient (Wildman–Crippen LogP) is 6.49. The molecule has 5 rings (SSSR count). The number of hydrogen-bond donors (Lipinski definition) is 1. The van der Waals surface area contributed by atoms with Gasteiger partial charge >= 0.3 is 0 Å². The number of nitrogens with zero attached hydrogens (tertiary/aromatic N) is 3. The van der Waals surface area contributed by atoms with Crippen LogP contribution in [0.5, 0.6) is 5.75 Å². The molecular weight excluding hydrogens is 404 g/mol. The minimum atomic E-state index is 0.666. The van der Waals surface area contributed by atoms with E-state index in [1.807, 2.05) is 19.1 Å². The van der Waals surface area contributed by atoms with E-state index in [9.17, 15) is 0 Å². The van der Waals surface area contributed by atoms with Crippen LogP contribution in [0.4, 0.5) is 17.2 Å². The second-order valence-electron chi connectivity index (χ2n) is 7.73. The summed E-state index contributed by atoms with van der Waals surface area (Å²) in [5.74, 6) is 1.72. The molecule has 0 atom stereocenters. The Morgan fingerprint density at radius 2 is 1.74 bits per heavy atom. The van der Waals surface area contributed by atoms with Gasteiger partial charge in [0.05, 0.1) is 12.0 Å². The van der Waals surface area contributed by atoms with Crippen molar-refractivity contribution in [3.05, 3.63) is 60.2 Å². The number of piperidine rings is 1. The van der Waals surface area contributed by atoms with Crippen LogP contribution in [0.1, 0.15) is 26.2 Å². The van der Waals surface area contributed by atoms with Gasteiger partial charge in [-0.05, 0) is 68.1 Å². The molecule has 158 valence electrons. The van der Waals surface area contributed by atoms with Gasteiger partial charge in [-0.25, -0.2) is 9.97 Å². The Balaban J connectivity index is 1.43. The van der Waals surface area contributed by atoms with E-state index in [2.05, 4.69) is 62.0 Å². The third-order valence-corrected chi connectivity index (χ3v) is 6.58. The Hall–Kier alpha value is -3.12. The van der Waals surface area contributed by atoms with Crippen LogP contribution >= 0.6 is 11.3 Å². The van der Waals surface area contributed by atoms with Crippen LogP contribution in [-0.4, -0.2) is 29.7 Å². The molecule has 1 saturated heterocycles. The third-order valence-electron chi connectivity index (χ3n) is 5.70. The summed E-state index contributed by atoms with van der Waals surface area (Å²) in [4.78, 5) is 12.5. The van der Waals surface area contributed by atoms with E-state index < -0.39 is 0 Å². The zero-order valence-electron chi connectivity index (χ0n) is 17.7. The smallest absolute Gasteiger partial charge is 0.143 e. The van der Waals surface area contributed by atoms with E-state index in [4.69, 9.17) is 4.74 Å². The summed E-state index contributed by atoms with van der Waals surface area (Å²) in [7, 11) is 0. The lowest BCUT2D eigenvalue weighted by molar-refractivity contribution is 0.340. The summed E-state index contributed by atoms with van der Waals surface area (Å²) >= 11 is 1.64. The number of benzene rings is 2. The predicted molar refractivity (Wildman–Crippen MR) is 130 cm³/mol. The highest BCUT2D eigenvalue weighted by Gasteiger charge is 2.14. The average molecular weight is 431 g/mol. The van der Waals surface area contributed by atoms with Gasteiger partial charge in [0.15, 0.2) is 0 Å². The molecule has 5 nitrogen and oxygen atoms in total. The zero-order valence-corrected chi connectivity index (χ0v) is 18.5. The Bertz CT molecular complexity index is 1150. The fourth-order valence-corrected chi connectivity index (χ4v) is 5.04. The lowest BCUT2D eigenvalue weighted by Gasteiger charge is -2.28. The van der Waals surface area contributed by atoms with Crippen molar-refractivity contribution >= 4 is 38.7 Å². The van der Waals surface area contributed by atoms with E-state index >= 15 is 0 Å². The Morgan fingerprint density at radius 3 is 2.48 bits per heavy atom. The lowest BCUT2D eigenvalue weighted by Crippen LogP contribution is -2.29. The highest BCUT2D eigenvalue weighted by atomic mass is 32.1. The van der Waals surface area contributed by atoms with E-state index in [1.165, 1.54) is 24.9 Å². The molecule has 0 spiro atoms. The number of anilines is 3. The summed E-state index contributed by atoms with van der Waals surface area (Å²) in [6.07, 6.45) is 5.54. The number of rotatable bonds is 6. The number of hydrogen-bond acceptors (Lipinski definition) is 6. The van der Waals surface area contributed by atoms with E-state index in [1.54, 1.807) is 17.7 Å². The van der Waals surface area contributed by atoms with Crippen molar-refractivity contribution in [3.8, 4) is 16.9 Å². The topological polar surface area (TPSA) is 50.3 Å². The van der Waals surface area contributed by atoms with Crippen molar-refractivity contribution in [2.24, 2.45) is 0 Å². The van der Waals surface area contributed by atoms with Crippen molar-refractivity contribution in [2.45, 2.75) is 26.2 Å². The van der Waals surface area contributed by atoms with Gasteiger partial charge in [-0.2, -0.15) is 0 Å². The van der Waals surface area contributed by atoms with Crippen molar-refractivity contribution in [1.29, 1.82) is 0 Å². The molecule has 1 aliphatic heterocycles. The first-order valence-corrected chi connectivity index (χ1v) is 11.8. The van der Waals surface area contributed by atoms with Gasteiger partial charge in [0.2, 0.25) is 0 Å². The third kappa shape index (κ3) is 4.21. The highest BCUT2D eigenvalue weighted by Crippen LogP contribution is 2.38. The van der Waals surface area contributed by atoms with Gasteiger partial charge in [0, 0.05) is 35.4 Å². The fourth-order valence-electron chi connectivity index (χ4n) is 4.12. The molecule has 31 heavy (non-hydrogen) atoms. The van der Waals surface area contributed by atoms with Crippen molar-refractivity contribution in [1.82, 2.24) is 9.97 Å². The molecule has 2 aromatic carbocycles. The first-order valence-electron chi connectivity index (χ1n) is 10.9. The molecule has 0 aliphatic carbocycles. The van der Waals surface area contributed by atoms with E-state index in [0.29, 0.717) is 6.61 Å². The summed E-state index contributed by atoms with van der Waals surface area (Å²) in [5, 5.41) is 6.72. The molecule has 0 saturated carbocycles. The monoisotopic (exact) mass is 430 g/mol. The second-order valence-corrected chi connectivity index (χ2v) is 8.59. The largest absolute Gasteiger partial charge is 0.494 e. The molecule has 1 fully saturated rings. The molecule has 0 bridgehead atoms. The standard InChI is InChI=1S/C25H26N4OS/c1-2-30-21-12-6-18(7-13-21)22-16-31-25-23(22)24(26-17-27-25)28-19-8-10-20(11-9-19)29-14-4-3-5-15-29/h6-13,16-17H,2-5,14-15H2,1H3,(H,26,27,28). The maximum Gasteiger partial charge on any atom is 0.143 e. The lowest BCUT2D eigenvalue weighted by atomic mass is 10.1. The van der Waals surface area contributed by atoms with Crippen molar-refractivity contribution in [3.63, 3.8) is 0 Å². The minimum Gasteiger partial charge on any atom is -0.494 e. The number of ether oxygens (including phenoxy) is 1. The molecule has 0 unspecified atom stereocenters. The zero-order chi connectivity index (χ0) is 21.0. The van der Waals surface area contributed by atoms with Crippen LogP contribution in [0.2, 0.25) is 0 Å². The Labute approximate surface area is 186 Å². The summed E-state index contributed by atoms with van der Waals surface area (Å²) in [5.41, 5.74) is 4.59. The minimum absolute atomic E-state index is 0.666. The number of nitrogens with one attached hydrogen (secondary N) is 1. The molecule has 4 aromatic rings. The molecule has 2 aromatic heterocycles. The first-order chi connectivity index (χ1) is 15.3. The van der Waals surface area contributed by atoms with E-state index in [0.717, 1.165) is 51.7 Å². The van der Waals surface area contributed by atoms with Crippen LogP contribution in [0, 0.1) is 0 Å². The first kappa shape index (κ1) is 19.8. The molecular formula is C25H26N4OS. The molecule has 3 heterocycles. The van der Waals surface area contributed by atoms with Gasteiger partial charge in [-0.1, -0.05) is 12.1 Å². The van der Waals surface area contributed by atoms with E-state index in [-0.39, 0.29) is 0 Å². The highest BCUT2D eigenvalue weighted by molar-refractivity contribution is 7.17. The maximum atomic E-state index is 5.58. The molecule has 0 radical (unpaired) electrons. The summed E-state index contributed by atoms with van der Waals surface area (Å²) < 4.78 is 5.58. The summed E-state index contributed by atoms with van der Waals surface area (Å²) in [6.45, 7) is 4.97. The van der Waals surface area contributed by atoms with Gasteiger partial charge in [-0.3, -0.25) is 0 Å². The Morgan fingerprint density at radius 1 is 0.968 bits per heavy atom. The van der Waals surface area contributed by atoms with Crippen molar-refractivity contribution < 1.29 is 4.74 Å².